The van der Waals surface area contributed by atoms with Crippen molar-refractivity contribution in [3.05, 3.63) is 30.3 Å². The van der Waals surface area contributed by atoms with E-state index < -0.39 is 10.0 Å². The van der Waals surface area contributed by atoms with E-state index in [4.69, 9.17) is 13.6 Å². The second kappa shape index (κ2) is 8.35. The van der Waals surface area contributed by atoms with Crippen LogP contribution in [0.25, 0.3) is 0 Å². The summed E-state index contributed by atoms with van der Waals surface area (Å²) in [7, 11) is -1.01. The highest BCUT2D eigenvalue weighted by Gasteiger charge is 2.15. The van der Waals surface area contributed by atoms with Crippen molar-refractivity contribution in [1.82, 2.24) is 0 Å². The number of rotatable bonds is 7. The van der Waals surface area contributed by atoms with E-state index in [1.165, 1.54) is 32.1 Å². The fourth-order valence-corrected chi connectivity index (χ4v) is 3.07. The molecule has 19 heavy (non-hydrogen) atoms. The van der Waals surface area contributed by atoms with Crippen LogP contribution in [0.15, 0.2) is 30.3 Å². The van der Waals surface area contributed by atoms with Crippen molar-refractivity contribution in [3.63, 3.8) is 0 Å². The van der Waals surface area contributed by atoms with Crippen LogP contribution in [0.1, 0.15) is 39.0 Å². The second-order valence-electron chi connectivity index (χ2n) is 5.15. The summed E-state index contributed by atoms with van der Waals surface area (Å²) >= 11 is 0. The summed E-state index contributed by atoms with van der Waals surface area (Å²) in [5, 5.41) is 0. The predicted molar refractivity (Wildman–Crippen MR) is 78.7 cm³/mol. The summed E-state index contributed by atoms with van der Waals surface area (Å²) in [4.78, 5) is 0. The van der Waals surface area contributed by atoms with Gasteiger partial charge >= 0.3 is 10.0 Å². The maximum Gasteiger partial charge on any atom is 0.367 e. The largest absolute Gasteiger partial charge is 0.525 e. The quantitative estimate of drug-likeness (QED) is 0.567. The first-order valence-corrected chi connectivity index (χ1v) is 8.41. The Bertz CT molecular complexity index is 339. The lowest BCUT2D eigenvalue weighted by atomic mass is 9.90. The lowest BCUT2D eigenvalue weighted by molar-refractivity contribution is -0.0863. The molecule has 0 aromatic heterocycles. The second-order valence-corrected chi connectivity index (χ2v) is 6.00. The normalized spacial score (nSPS) is 18.8. The molecule has 1 aromatic carbocycles. The van der Waals surface area contributed by atoms with Crippen molar-refractivity contribution < 1.29 is 13.6 Å². The van der Waals surface area contributed by atoms with Gasteiger partial charge in [-0.1, -0.05) is 37.5 Å². The van der Waals surface area contributed by atoms with Crippen LogP contribution in [-0.4, -0.2) is 22.9 Å². The van der Waals surface area contributed by atoms with Crippen LogP contribution in [0, 0.1) is 5.92 Å². The van der Waals surface area contributed by atoms with Crippen LogP contribution in [-0.2, 0) is 9.16 Å². The van der Waals surface area contributed by atoms with E-state index in [1.807, 2.05) is 37.3 Å². The molecule has 106 valence electrons. The SMILES string of the molecule is CC(OCC1CCCCC1)O[SiH2]Oc1ccccc1. The van der Waals surface area contributed by atoms with Crippen LogP contribution in [0.2, 0.25) is 0 Å². The summed E-state index contributed by atoms with van der Waals surface area (Å²) in [5.41, 5.74) is 0. The molecule has 0 bridgehead atoms. The molecule has 0 spiro atoms. The monoisotopic (exact) mass is 280 g/mol. The van der Waals surface area contributed by atoms with Gasteiger partial charge in [-0.15, -0.1) is 0 Å². The maximum atomic E-state index is 5.75. The van der Waals surface area contributed by atoms with Gasteiger partial charge in [0.1, 0.15) is 12.0 Å². The highest BCUT2D eigenvalue weighted by Crippen LogP contribution is 2.24. The summed E-state index contributed by atoms with van der Waals surface area (Å²) in [6.07, 6.45) is 6.58. The van der Waals surface area contributed by atoms with Crippen LogP contribution >= 0.6 is 0 Å². The lowest BCUT2D eigenvalue weighted by Crippen LogP contribution is -2.23. The molecule has 1 aromatic rings. The number of benzene rings is 1. The number of ether oxygens (including phenoxy) is 1. The molecule has 0 N–H and O–H groups in total. The average molecular weight is 280 g/mol. The van der Waals surface area contributed by atoms with Crippen molar-refractivity contribution in [3.8, 4) is 5.75 Å². The van der Waals surface area contributed by atoms with Gasteiger partial charge in [0.15, 0.2) is 0 Å². The van der Waals surface area contributed by atoms with Gasteiger partial charge in [-0.2, -0.15) is 0 Å². The molecule has 0 amide bonds. The van der Waals surface area contributed by atoms with Crippen molar-refractivity contribution in [1.29, 1.82) is 0 Å². The van der Waals surface area contributed by atoms with Gasteiger partial charge < -0.3 is 13.6 Å². The van der Waals surface area contributed by atoms with Crippen LogP contribution < -0.4 is 4.43 Å². The zero-order valence-electron chi connectivity index (χ0n) is 11.7. The molecule has 2 rings (SSSR count). The first-order chi connectivity index (χ1) is 9.34. The molecule has 4 heteroatoms. The Morgan fingerprint density at radius 3 is 2.63 bits per heavy atom. The van der Waals surface area contributed by atoms with Gasteiger partial charge in [-0.3, -0.25) is 0 Å². The maximum absolute atomic E-state index is 5.75. The number of para-hydroxylation sites is 1. The standard InChI is InChI=1S/C15H24O3Si/c1-13(16-12-14-8-4-2-5-9-14)17-19-18-15-10-6-3-7-11-15/h3,6-7,10-11,13-14H,2,4-5,8-9,12,19H2,1H3. The minimum Gasteiger partial charge on any atom is -0.525 e. The molecule has 3 nitrogen and oxygen atoms in total. The van der Waals surface area contributed by atoms with Gasteiger partial charge in [0.05, 0.1) is 6.61 Å². The van der Waals surface area contributed by atoms with Crippen LogP contribution in [0.3, 0.4) is 0 Å². The van der Waals surface area contributed by atoms with Gasteiger partial charge in [-0.25, -0.2) is 0 Å². The summed E-state index contributed by atoms with van der Waals surface area (Å²) < 4.78 is 17.0. The van der Waals surface area contributed by atoms with E-state index in [9.17, 15) is 0 Å². The van der Waals surface area contributed by atoms with Crippen molar-refractivity contribution in [2.45, 2.75) is 45.3 Å². The minimum absolute atomic E-state index is 0.141. The molecule has 1 saturated carbocycles. The van der Waals surface area contributed by atoms with E-state index in [2.05, 4.69) is 0 Å². The highest BCUT2D eigenvalue weighted by molar-refractivity contribution is 6.19. The molecule has 1 aliphatic rings. The van der Waals surface area contributed by atoms with Crippen LogP contribution in [0.4, 0.5) is 0 Å². The van der Waals surface area contributed by atoms with Crippen LogP contribution in [0.5, 0.6) is 5.75 Å². The lowest BCUT2D eigenvalue weighted by Gasteiger charge is -2.23. The highest BCUT2D eigenvalue weighted by atomic mass is 28.3. The Morgan fingerprint density at radius 1 is 1.16 bits per heavy atom. The van der Waals surface area contributed by atoms with Gasteiger partial charge in [-0.05, 0) is 37.8 Å². The Labute approximate surface area is 118 Å². The third kappa shape index (κ3) is 5.76. The third-order valence-electron chi connectivity index (χ3n) is 3.56. The average Bonchev–Trinajstić information content (AvgIpc) is 2.47. The van der Waals surface area contributed by atoms with Gasteiger partial charge in [0.2, 0.25) is 0 Å². The van der Waals surface area contributed by atoms with E-state index >= 15 is 0 Å². The third-order valence-corrected chi connectivity index (χ3v) is 4.62. The first-order valence-electron chi connectivity index (χ1n) is 7.25. The Balaban J connectivity index is 1.55. The zero-order chi connectivity index (χ0) is 13.3. The van der Waals surface area contributed by atoms with Crippen molar-refractivity contribution >= 4 is 10.0 Å². The molecule has 0 saturated heterocycles. The number of hydrogen-bond acceptors (Lipinski definition) is 3. The minimum atomic E-state index is -1.01. The van der Waals surface area contributed by atoms with Crippen molar-refractivity contribution in [2.75, 3.05) is 6.61 Å². The van der Waals surface area contributed by atoms with E-state index in [0.29, 0.717) is 0 Å². The summed E-state index contributed by atoms with van der Waals surface area (Å²) in [6, 6.07) is 9.80. The first kappa shape index (κ1) is 14.6. The Hall–Kier alpha value is -0.843. The molecule has 0 heterocycles. The molecular weight excluding hydrogens is 256 g/mol. The van der Waals surface area contributed by atoms with Crippen molar-refractivity contribution in [2.24, 2.45) is 5.92 Å². The topological polar surface area (TPSA) is 27.7 Å². The number of hydrogen-bond donors (Lipinski definition) is 0. The van der Waals surface area contributed by atoms with E-state index in [-0.39, 0.29) is 6.29 Å². The molecular formula is C15H24O3Si. The molecule has 0 aliphatic heterocycles. The molecule has 1 unspecified atom stereocenters. The molecule has 1 fully saturated rings. The van der Waals surface area contributed by atoms with E-state index in [1.54, 1.807) is 0 Å². The Morgan fingerprint density at radius 2 is 1.89 bits per heavy atom. The van der Waals surface area contributed by atoms with Gasteiger partial charge in [0, 0.05) is 0 Å². The smallest absolute Gasteiger partial charge is 0.367 e. The molecule has 0 radical (unpaired) electrons. The molecule has 1 aliphatic carbocycles. The zero-order valence-corrected chi connectivity index (χ0v) is 13.1. The van der Waals surface area contributed by atoms with E-state index in [0.717, 1.165) is 18.3 Å². The summed E-state index contributed by atoms with van der Waals surface area (Å²) in [6.45, 7) is 2.80. The predicted octanol–water partition coefficient (Wildman–Crippen LogP) is 3.02. The Kier molecular flexibility index (Phi) is 6.40. The molecule has 1 atom stereocenters. The van der Waals surface area contributed by atoms with Gasteiger partial charge in [0.25, 0.3) is 0 Å². The summed E-state index contributed by atoms with van der Waals surface area (Å²) in [5.74, 6) is 1.62. The fraction of sp³-hybridized carbons (Fsp3) is 0.600. The fourth-order valence-electron chi connectivity index (χ4n) is 2.39.